The standard InChI is InChI=1S/C18H27N5O2/c1-3-19-16-10-14-11-23(9-8-15(14)21-22-16)18(25)17(20-12(2)24)13-6-4-5-7-13/h10,13,17H,3-9,11H2,1-2H3,(H,19,22)(H,20,24)/t17-/m1/s1. The molecule has 0 spiro atoms. The first-order valence-corrected chi connectivity index (χ1v) is 9.23. The molecule has 1 aliphatic heterocycles. The molecular formula is C18H27N5O2. The molecule has 136 valence electrons. The minimum Gasteiger partial charge on any atom is -0.369 e. The number of anilines is 1. The molecule has 1 atom stereocenters. The van der Waals surface area contributed by atoms with Gasteiger partial charge in [0.05, 0.1) is 5.69 Å². The van der Waals surface area contributed by atoms with Crippen LogP contribution >= 0.6 is 0 Å². The number of nitrogens with zero attached hydrogens (tertiary/aromatic N) is 3. The van der Waals surface area contributed by atoms with E-state index < -0.39 is 6.04 Å². The molecule has 0 aromatic carbocycles. The lowest BCUT2D eigenvalue weighted by molar-refractivity contribution is -0.138. The van der Waals surface area contributed by atoms with Gasteiger partial charge in [0.25, 0.3) is 0 Å². The van der Waals surface area contributed by atoms with Crippen LogP contribution in [0.4, 0.5) is 5.82 Å². The van der Waals surface area contributed by atoms with E-state index in [2.05, 4.69) is 20.8 Å². The zero-order valence-electron chi connectivity index (χ0n) is 15.0. The van der Waals surface area contributed by atoms with Gasteiger partial charge in [-0.3, -0.25) is 9.59 Å². The Morgan fingerprint density at radius 1 is 1.32 bits per heavy atom. The lowest BCUT2D eigenvalue weighted by Crippen LogP contribution is -2.52. The van der Waals surface area contributed by atoms with Gasteiger partial charge in [-0.2, -0.15) is 5.10 Å². The second-order valence-electron chi connectivity index (χ2n) is 6.96. The monoisotopic (exact) mass is 345 g/mol. The zero-order chi connectivity index (χ0) is 17.8. The number of amides is 2. The number of rotatable bonds is 5. The van der Waals surface area contributed by atoms with Gasteiger partial charge in [-0.1, -0.05) is 12.8 Å². The molecule has 2 N–H and O–H groups in total. The average molecular weight is 345 g/mol. The topological polar surface area (TPSA) is 87.2 Å². The fourth-order valence-electron chi connectivity index (χ4n) is 3.87. The van der Waals surface area contributed by atoms with Gasteiger partial charge in [0.15, 0.2) is 0 Å². The molecule has 2 heterocycles. The summed E-state index contributed by atoms with van der Waals surface area (Å²) >= 11 is 0. The smallest absolute Gasteiger partial charge is 0.245 e. The molecule has 7 heteroatoms. The average Bonchev–Trinajstić information content (AvgIpc) is 3.13. The van der Waals surface area contributed by atoms with Crippen LogP contribution in [-0.2, 0) is 22.6 Å². The van der Waals surface area contributed by atoms with E-state index in [0.29, 0.717) is 19.5 Å². The molecule has 7 nitrogen and oxygen atoms in total. The number of hydrogen-bond acceptors (Lipinski definition) is 5. The van der Waals surface area contributed by atoms with Crippen molar-refractivity contribution in [3.05, 3.63) is 17.3 Å². The van der Waals surface area contributed by atoms with Gasteiger partial charge >= 0.3 is 0 Å². The van der Waals surface area contributed by atoms with Crippen LogP contribution in [0.3, 0.4) is 0 Å². The summed E-state index contributed by atoms with van der Waals surface area (Å²) in [7, 11) is 0. The second kappa shape index (κ2) is 7.80. The fraction of sp³-hybridized carbons (Fsp3) is 0.667. The minimum atomic E-state index is -0.399. The molecule has 1 aromatic heterocycles. The molecule has 2 aliphatic rings. The maximum absolute atomic E-state index is 13.1. The number of aromatic nitrogens is 2. The lowest BCUT2D eigenvalue weighted by Gasteiger charge is -2.33. The number of carbonyl (C=O) groups is 2. The van der Waals surface area contributed by atoms with E-state index in [-0.39, 0.29) is 17.7 Å². The van der Waals surface area contributed by atoms with Crippen molar-refractivity contribution in [1.82, 2.24) is 20.4 Å². The van der Waals surface area contributed by atoms with E-state index in [1.54, 1.807) is 0 Å². The molecule has 3 rings (SSSR count). The summed E-state index contributed by atoms with van der Waals surface area (Å²) in [5.74, 6) is 0.896. The number of carbonyl (C=O) groups excluding carboxylic acids is 2. The molecule has 0 bridgehead atoms. The third-order valence-electron chi connectivity index (χ3n) is 5.11. The molecule has 0 saturated heterocycles. The van der Waals surface area contributed by atoms with Crippen molar-refractivity contribution in [1.29, 1.82) is 0 Å². The Balaban J connectivity index is 1.75. The van der Waals surface area contributed by atoms with E-state index >= 15 is 0 Å². The first-order valence-electron chi connectivity index (χ1n) is 9.23. The van der Waals surface area contributed by atoms with Crippen molar-refractivity contribution in [3.8, 4) is 0 Å². The van der Waals surface area contributed by atoms with Gasteiger partial charge in [0.1, 0.15) is 11.9 Å². The van der Waals surface area contributed by atoms with Gasteiger partial charge in [0, 0.05) is 33.0 Å². The molecule has 1 saturated carbocycles. The van der Waals surface area contributed by atoms with Crippen molar-refractivity contribution in [2.45, 2.75) is 58.5 Å². The summed E-state index contributed by atoms with van der Waals surface area (Å²) in [5.41, 5.74) is 2.00. The first-order chi connectivity index (χ1) is 12.1. The third kappa shape index (κ3) is 4.08. The highest BCUT2D eigenvalue weighted by Crippen LogP contribution is 2.29. The van der Waals surface area contributed by atoms with Crippen LogP contribution in [0.25, 0.3) is 0 Å². The van der Waals surface area contributed by atoms with Crippen LogP contribution in [0.1, 0.15) is 50.8 Å². The van der Waals surface area contributed by atoms with Crippen molar-refractivity contribution >= 4 is 17.6 Å². The Morgan fingerprint density at radius 3 is 2.76 bits per heavy atom. The highest BCUT2D eigenvalue weighted by atomic mass is 16.2. The predicted molar refractivity (Wildman–Crippen MR) is 94.9 cm³/mol. The Morgan fingerprint density at radius 2 is 2.08 bits per heavy atom. The van der Waals surface area contributed by atoms with E-state index in [1.165, 1.54) is 6.92 Å². The van der Waals surface area contributed by atoms with Crippen molar-refractivity contribution in [2.24, 2.45) is 5.92 Å². The summed E-state index contributed by atoms with van der Waals surface area (Å²) in [5, 5.41) is 14.5. The van der Waals surface area contributed by atoms with Crippen LogP contribution in [-0.4, -0.2) is 46.0 Å². The second-order valence-corrected chi connectivity index (χ2v) is 6.96. The van der Waals surface area contributed by atoms with Crippen molar-refractivity contribution in [3.63, 3.8) is 0 Å². The van der Waals surface area contributed by atoms with Crippen LogP contribution in [0.2, 0.25) is 0 Å². The molecule has 0 unspecified atom stereocenters. The van der Waals surface area contributed by atoms with E-state index in [9.17, 15) is 9.59 Å². The summed E-state index contributed by atoms with van der Waals surface area (Å²) in [6.45, 7) is 5.44. The summed E-state index contributed by atoms with van der Waals surface area (Å²) in [4.78, 5) is 26.6. The SMILES string of the molecule is CCNc1cc2c(nn1)CCN(C(=O)[C@H](NC(C)=O)C1CCCC1)C2. The maximum Gasteiger partial charge on any atom is 0.245 e. The Hall–Kier alpha value is -2.18. The lowest BCUT2D eigenvalue weighted by atomic mass is 9.95. The summed E-state index contributed by atoms with van der Waals surface area (Å²) in [6.07, 6.45) is 5.00. The van der Waals surface area contributed by atoms with Crippen LogP contribution in [0, 0.1) is 5.92 Å². The summed E-state index contributed by atoms with van der Waals surface area (Å²) < 4.78 is 0. The highest BCUT2D eigenvalue weighted by Gasteiger charge is 2.35. The number of nitrogens with one attached hydrogen (secondary N) is 2. The molecule has 0 radical (unpaired) electrons. The highest BCUT2D eigenvalue weighted by molar-refractivity contribution is 5.87. The zero-order valence-corrected chi connectivity index (χ0v) is 15.0. The van der Waals surface area contributed by atoms with Gasteiger partial charge in [-0.15, -0.1) is 5.10 Å². The molecule has 1 aromatic rings. The van der Waals surface area contributed by atoms with Gasteiger partial charge in [0.2, 0.25) is 11.8 Å². The molecular weight excluding hydrogens is 318 g/mol. The Kier molecular flexibility index (Phi) is 5.50. The minimum absolute atomic E-state index is 0.0366. The fourth-order valence-corrected chi connectivity index (χ4v) is 3.87. The first kappa shape index (κ1) is 17.6. The van der Waals surface area contributed by atoms with Gasteiger partial charge < -0.3 is 15.5 Å². The largest absolute Gasteiger partial charge is 0.369 e. The molecule has 1 aliphatic carbocycles. The number of fused-ring (bicyclic) bond motifs is 1. The molecule has 2 amide bonds. The van der Waals surface area contributed by atoms with Gasteiger partial charge in [-0.05, 0) is 37.3 Å². The van der Waals surface area contributed by atoms with Crippen molar-refractivity contribution in [2.75, 3.05) is 18.4 Å². The van der Waals surface area contributed by atoms with E-state index in [4.69, 9.17) is 0 Å². The maximum atomic E-state index is 13.1. The molecule has 25 heavy (non-hydrogen) atoms. The Bertz CT molecular complexity index is 642. The van der Waals surface area contributed by atoms with E-state index in [1.807, 2.05) is 17.9 Å². The van der Waals surface area contributed by atoms with Gasteiger partial charge in [-0.25, -0.2) is 0 Å². The van der Waals surface area contributed by atoms with Crippen LogP contribution in [0.15, 0.2) is 6.07 Å². The number of hydrogen-bond donors (Lipinski definition) is 2. The van der Waals surface area contributed by atoms with Crippen LogP contribution < -0.4 is 10.6 Å². The Labute approximate surface area is 148 Å². The normalized spacial score (nSPS) is 18.6. The summed E-state index contributed by atoms with van der Waals surface area (Å²) in [6, 6.07) is 1.58. The van der Waals surface area contributed by atoms with Crippen molar-refractivity contribution < 1.29 is 9.59 Å². The quantitative estimate of drug-likeness (QED) is 0.844. The third-order valence-corrected chi connectivity index (χ3v) is 5.11. The van der Waals surface area contributed by atoms with E-state index in [0.717, 1.165) is 49.3 Å². The molecule has 1 fully saturated rings. The van der Waals surface area contributed by atoms with Crippen LogP contribution in [0.5, 0.6) is 0 Å². The predicted octanol–water partition coefficient (Wildman–Crippen LogP) is 1.49.